The summed E-state index contributed by atoms with van der Waals surface area (Å²) in [6.45, 7) is 7.81. The molecule has 9 nitrogen and oxygen atoms in total. The zero-order valence-electron chi connectivity index (χ0n) is 27.5. The predicted octanol–water partition coefficient (Wildman–Crippen LogP) is 6.27. The number of carbonyl (C=O) groups is 1. The highest BCUT2D eigenvalue weighted by Gasteiger charge is 2.33. The van der Waals surface area contributed by atoms with Crippen molar-refractivity contribution in [1.82, 2.24) is 24.9 Å². The molecule has 2 heterocycles. The number of benzene rings is 1. The third-order valence-electron chi connectivity index (χ3n) is 8.09. The summed E-state index contributed by atoms with van der Waals surface area (Å²) in [4.78, 5) is 22.4. The monoisotopic (exact) mass is 654 g/mol. The van der Waals surface area contributed by atoms with Crippen LogP contribution in [-0.4, -0.2) is 71.6 Å². The quantitative estimate of drug-likeness (QED) is 0.288. The van der Waals surface area contributed by atoms with E-state index in [-0.39, 0.29) is 23.6 Å². The first-order valence-corrected chi connectivity index (χ1v) is 16.9. The average Bonchev–Trinajstić information content (AvgIpc) is 3.02. The van der Waals surface area contributed by atoms with Crippen molar-refractivity contribution < 1.29 is 26.9 Å². The second kappa shape index (κ2) is 18.8. The minimum Gasteiger partial charge on any atom is -0.495 e. The summed E-state index contributed by atoms with van der Waals surface area (Å²) in [6, 6.07) is 4.93. The fraction of sp³-hybridized carbons (Fsp3) is 0.594. The minimum absolute atomic E-state index is 0.00215. The van der Waals surface area contributed by atoms with Gasteiger partial charge in [0.05, 0.1) is 35.0 Å². The van der Waals surface area contributed by atoms with Crippen molar-refractivity contribution in [3.05, 3.63) is 53.4 Å². The van der Waals surface area contributed by atoms with Gasteiger partial charge in [-0.15, -0.1) is 0 Å². The van der Waals surface area contributed by atoms with Crippen molar-refractivity contribution in [1.29, 1.82) is 0 Å². The summed E-state index contributed by atoms with van der Waals surface area (Å²) in [5.41, 5.74) is -0.206. The molecule has 2 aliphatic rings. The van der Waals surface area contributed by atoms with Crippen molar-refractivity contribution in [3.63, 3.8) is 0 Å². The summed E-state index contributed by atoms with van der Waals surface area (Å²) in [5.74, 6) is 2.07. The van der Waals surface area contributed by atoms with Crippen molar-refractivity contribution in [2.24, 2.45) is 11.8 Å². The van der Waals surface area contributed by atoms with Crippen LogP contribution in [0.15, 0.2) is 36.5 Å². The van der Waals surface area contributed by atoms with Crippen LogP contribution >= 0.6 is 0 Å². The molecule has 13 heteroatoms. The SMILES string of the molecule is CCC(C)C1CC=CCC1.CNS(C)=O.COc1cc(C(=O)NC2CCN(C)CC2)ccc1Nc1ncc(C(F)(F)F)c(C)n1. The number of allylic oxidation sites excluding steroid dienone is 2. The van der Waals surface area contributed by atoms with Gasteiger partial charge < -0.3 is 20.3 Å². The predicted molar refractivity (Wildman–Crippen MR) is 175 cm³/mol. The minimum atomic E-state index is -4.51. The number of hydrogen-bond acceptors (Lipinski definition) is 7. The molecule has 0 saturated carbocycles. The number of rotatable bonds is 8. The van der Waals surface area contributed by atoms with Crippen LogP contribution in [-0.2, 0) is 17.2 Å². The highest BCUT2D eigenvalue weighted by Crippen LogP contribution is 2.32. The van der Waals surface area contributed by atoms with E-state index in [1.54, 1.807) is 31.5 Å². The van der Waals surface area contributed by atoms with Gasteiger partial charge in [-0.25, -0.2) is 18.9 Å². The molecule has 1 aliphatic carbocycles. The summed E-state index contributed by atoms with van der Waals surface area (Å²) in [7, 11) is 4.32. The maximum absolute atomic E-state index is 12.9. The number of ether oxygens (including phenoxy) is 1. The van der Waals surface area contributed by atoms with Crippen LogP contribution in [0.4, 0.5) is 24.8 Å². The first kappa shape index (κ1) is 38.2. The Morgan fingerprint density at radius 3 is 2.38 bits per heavy atom. The molecule has 3 unspecified atom stereocenters. The third-order valence-corrected chi connectivity index (χ3v) is 8.67. The zero-order valence-corrected chi connectivity index (χ0v) is 28.3. The van der Waals surface area contributed by atoms with Gasteiger partial charge in [-0.2, -0.15) is 13.2 Å². The molecule has 0 bridgehead atoms. The van der Waals surface area contributed by atoms with E-state index in [4.69, 9.17) is 4.74 Å². The summed E-state index contributed by atoms with van der Waals surface area (Å²) in [6.07, 6.45) is 9.67. The normalized spacial score (nSPS) is 18.4. The van der Waals surface area contributed by atoms with Gasteiger partial charge in [0, 0.05) is 24.1 Å². The Kier molecular flexibility index (Phi) is 16.0. The molecule has 1 aromatic carbocycles. The standard InChI is InChI=1S/C20H24F3N5O2.C10H18.C2H7NOS/c1-12-15(20(21,22)23)11-24-19(25-12)27-16-5-4-13(10-17(16)30-3)18(29)26-14-6-8-28(2)9-7-14;1-3-9(2)10-7-5-4-6-8-10;1-3-5(2)4/h4-5,10-11,14H,6-9H2,1-3H3,(H,26,29)(H,24,25,27);4-5,9-10H,3,6-8H2,1-2H3;3H,1-2H3. The molecule has 1 saturated heterocycles. The van der Waals surface area contributed by atoms with Gasteiger partial charge in [0.2, 0.25) is 5.95 Å². The van der Waals surface area contributed by atoms with Crippen molar-refractivity contribution >= 4 is 28.5 Å². The number of carbonyl (C=O) groups excluding carboxylic acids is 1. The lowest BCUT2D eigenvalue weighted by Gasteiger charge is -2.29. The number of piperidine rings is 1. The van der Waals surface area contributed by atoms with Gasteiger partial charge in [0.25, 0.3) is 5.91 Å². The molecule has 2 aromatic rings. The molecule has 252 valence electrons. The second-order valence-corrected chi connectivity index (χ2v) is 12.7. The molecule has 0 spiro atoms. The van der Waals surface area contributed by atoms with Gasteiger partial charge in [-0.3, -0.25) is 4.79 Å². The van der Waals surface area contributed by atoms with E-state index in [1.165, 1.54) is 39.7 Å². The smallest absolute Gasteiger partial charge is 0.419 e. The number of hydrogen-bond donors (Lipinski definition) is 3. The lowest BCUT2D eigenvalue weighted by atomic mass is 9.83. The molecule has 1 fully saturated rings. The Morgan fingerprint density at radius 1 is 1.20 bits per heavy atom. The third kappa shape index (κ3) is 13.1. The molecule has 4 rings (SSSR count). The van der Waals surface area contributed by atoms with Gasteiger partial charge in [-0.05, 0) is 96.2 Å². The van der Waals surface area contributed by atoms with Gasteiger partial charge >= 0.3 is 6.18 Å². The van der Waals surface area contributed by atoms with Crippen LogP contribution in [0.3, 0.4) is 0 Å². The van der Waals surface area contributed by atoms with Crippen LogP contribution in [0.5, 0.6) is 5.75 Å². The second-order valence-electron chi connectivity index (χ2n) is 11.4. The molecular weight excluding hydrogens is 605 g/mol. The van der Waals surface area contributed by atoms with E-state index >= 15 is 0 Å². The zero-order chi connectivity index (χ0) is 33.6. The van der Waals surface area contributed by atoms with Crippen molar-refractivity contribution in [2.45, 2.75) is 71.5 Å². The molecule has 1 aliphatic heterocycles. The first-order valence-electron chi connectivity index (χ1n) is 15.3. The van der Waals surface area contributed by atoms with Gasteiger partial charge in [0.1, 0.15) is 5.75 Å². The highest BCUT2D eigenvalue weighted by molar-refractivity contribution is 7.82. The number of alkyl halides is 3. The van der Waals surface area contributed by atoms with Crippen molar-refractivity contribution in [2.75, 3.05) is 45.9 Å². The number of nitrogens with one attached hydrogen (secondary N) is 3. The van der Waals surface area contributed by atoms with E-state index in [2.05, 4.69) is 63.3 Å². The summed E-state index contributed by atoms with van der Waals surface area (Å²) in [5, 5.41) is 5.87. The molecule has 1 amide bonds. The van der Waals surface area contributed by atoms with Crippen molar-refractivity contribution in [3.8, 4) is 5.75 Å². The number of aryl methyl sites for hydroxylation is 1. The Morgan fingerprint density at radius 2 is 1.87 bits per heavy atom. The largest absolute Gasteiger partial charge is 0.495 e. The Labute approximate surface area is 268 Å². The molecule has 1 aromatic heterocycles. The van der Waals surface area contributed by atoms with Crippen LogP contribution in [0.1, 0.15) is 74.0 Å². The molecular formula is C32H49F3N6O3S. The molecule has 0 radical (unpaired) electrons. The number of aromatic nitrogens is 2. The lowest BCUT2D eigenvalue weighted by molar-refractivity contribution is -0.138. The van der Waals surface area contributed by atoms with Gasteiger partial charge in [0.15, 0.2) is 0 Å². The summed E-state index contributed by atoms with van der Waals surface area (Å²) < 4.78 is 56.3. The number of halogens is 3. The van der Waals surface area contributed by atoms with Gasteiger partial charge in [-0.1, -0.05) is 32.4 Å². The Hall–Kier alpha value is -3.03. The number of methoxy groups -OCH3 is 1. The van der Waals surface area contributed by atoms with Crippen LogP contribution in [0.25, 0.3) is 0 Å². The number of nitrogens with zero attached hydrogens (tertiary/aromatic N) is 3. The topological polar surface area (TPSA) is 108 Å². The summed E-state index contributed by atoms with van der Waals surface area (Å²) >= 11 is 0. The molecule has 45 heavy (non-hydrogen) atoms. The maximum atomic E-state index is 12.9. The fourth-order valence-electron chi connectivity index (χ4n) is 4.95. The van der Waals surface area contributed by atoms with Crippen LogP contribution in [0, 0.1) is 18.8 Å². The fourth-order valence-corrected chi connectivity index (χ4v) is 4.95. The number of amides is 1. The van der Waals surface area contributed by atoms with E-state index in [9.17, 15) is 22.2 Å². The maximum Gasteiger partial charge on any atom is 0.419 e. The van der Waals surface area contributed by atoms with E-state index < -0.39 is 22.7 Å². The van der Waals surface area contributed by atoms with Crippen LogP contribution in [0.2, 0.25) is 0 Å². The highest BCUT2D eigenvalue weighted by atomic mass is 32.2. The number of likely N-dealkylation sites (tertiary alicyclic amines) is 1. The van der Waals surface area contributed by atoms with E-state index in [1.807, 2.05) is 0 Å². The Bertz CT molecular complexity index is 1270. The number of anilines is 2. The molecule has 3 N–H and O–H groups in total. The Balaban J connectivity index is 0.000000386. The van der Waals surface area contributed by atoms with E-state index in [0.29, 0.717) is 17.0 Å². The molecule has 3 atom stereocenters. The average molecular weight is 655 g/mol. The van der Waals surface area contributed by atoms with Crippen LogP contribution < -0.4 is 20.1 Å². The lowest BCUT2D eigenvalue weighted by Crippen LogP contribution is -2.43. The first-order chi connectivity index (χ1) is 21.3. The van der Waals surface area contributed by atoms with E-state index in [0.717, 1.165) is 44.0 Å².